The van der Waals surface area contributed by atoms with Crippen molar-refractivity contribution in [3.05, 3.63) is 95.0 Å². The van der Waals surface area contributed by atoms with E-state index >= 15 is 0 Å². The molecule has 1 aliphatic heterocycles. The number of halogens is 2. The molecule has 42 heavy (non-hydrogen) atoms. The molecule has 0 spiro atoms. The Balaban J connectivity index is 0.980. The van der Waals surface area contributed by atoms with Crippen molar-refractivity contribution in [2.24, 2.45) is 0 Å². The second-order valence-corrected chi connectivity index (χ2v) is 12.4. The lowest BCUT2D eigenvalue weighted by atomic mass is 10.1. The first-order chi connectivity index (χ1) is 20.4. The van der Waals surface area contributed by atoms with Crippen molar-refractivity contribution in [1.29, 1.82) is 0 Å². The number of aliphatic hydroxyl groups is 2. The number of hydrogen-bond donors (Lipinski definition) is 2. The molecule has 0 radical (unpaired) electrons. The van der Waals surface area contributed by atoms with E-state index in [-0.39, 0.29) is 0 Å². The first-order valence-electron chi connectivity index (χ1n) is 14.6. The lowest BCUT2D eigenvalue weighted by Gasteiger charge is -2.36. The highest BCUT2D eigenvalue weighted by Gasteiger charge is 2.23. The highest BCUT2D eigenvalue weighted by atomic mass is 35.5. The minimum Gasteiger partial charge on any atom is -0.390 e. The van der Waals surface area contributed by atoms with E-state index in [1.807, 2.05) is 36.4 Å². The molecule has 3 heterocycles. The lowest BCUT2D eigenvalue weighted by Crippen LogP contribution is -2.50. The summed E-state index contributed by atoms with van der Waals surface area (Å²) in [5, 5.41) is 28.3. The predicted octanol–water partition coefficient (Wildman–Crippen LogP) is 6.25. The number of aliphatic hydroxyl groups excluding tert-OH is 2. The molecule has 0 saturated carbocycles. The zero-order valence-electron chi connectivity index (χ0n) is 23.3. The Morgan fingerprint density at radius 1 is 0.500 bits per heavy atom. The van der Waals surface area contributed by atoms with Gasteiger partial charge in [-0.25, -0.2) is 0 Å². The summed E-state index contributed by atoms with van der Waals surface area (Å²) in [6.45, 7) is 5.64. The summed E-state index contributed by atoms with van der Waals surface area (Å²) in [6, 6.07) is 28.6. The van der Waals surface area contributed by atoms with Gasteiger partial charge in [-0.3, -0.25) is 9.80 Å². The van der Waals surface area contributed by atoms with Gasteiger partial charge in [0.05, 0.1) is 36.3 Å². The molecule has 4 aromatic carbocycles. The van der Waals surface area contributed by atoms with Gasteiger partial charge in [-0.2, -0.15) is 0 Å². The molecule has 0 bridgehead atoms. The Bertz CT molecular complexity index is 1780. The summed E-state index contributed by atoms with van der Waals surface area (Å²) >= 11 is 12.7. The highest BCUT2D eigenvalue weighted by Crippen LogP contribution is 2.33. The van der Waals surface area contributed by atoms with E-state index in [1.54, 1.807) is 0 Å². The molecule has 2 atom stereocenters. The van der Waals surface area contributed by atoms with Crippen molar-refractivity contribution in [3.8, 4) is 0 Å². The summed E-state index contributed by atoms with van der Waals surface area (Å²) in [7, 11) is 0. The van der Waals surface area contributed by atoms with Crippen molar-refractivity contribution < 1.29 is 10.2 Å². The summed E-state index contributed by atoms with van der Waals surface area (Å²) in [5.41, 5.74) is 4.32. The van der Waals surface area contributed by atoms with Crippen LogP contribution in [0.5, 0.6) is 0 Å². The topological polar surface area (TPSA) is 56.8 Å². The largest absolute Gasteiger partial charge is 0.390 e. The third kappa shape index (κ3) is 5.28. The fourth-order valence-corrected chi connectivity index (χ4v) is 7.06. The molecule has 7 rings (SSSR count). The van der Waals surface area contributed by atoms with Gasteiger partial charge in [0, 0.05) is 81.9 Å². The number of fused-ring (bicyclic) bond motifs is 6. The molecular formula is C34H34Cl2N4O2. The van der Waals surface area contributed by atoms with Gasteiger partial charge in [0.2, 0.25) is 0 Å². The predicted molar refractivity (Wildman–Crippen MR) is 174 cm³/mol. The van der Waals surface area contributed by atoms with E-state index in [2.05, 4.69) is 67.5 Å². The van der Waals surface area contributed by atoms with Gasteiger partial charge in [0.25, 0.3) is 0 Å². The third-order valence-corrected chi connectivity index (χ3v) is 9.13. The average Bonchev–Trinajstić information content (AvgIpc) is 3.46. The van der Waals surface area contributed by atoms with Gasteiger partial charge < -0.3 is 19.3 Å². The van der Waals surface area contributed by atoms with Gasteiger partial charge in [-0.1, -0.05) is 71.7 Å². The van der Waals surface area contributed by atoms with Crippen LogP contribution < -0.4 is 0 Å². The number of hydrogen-bond acceptors (Lipinski definition) is 4. The van der Waals surface area contributed by atoms with Crippen LogP contribution in [0.1, 0.15) is 0 Å². The number of nitrogens with zero attached hydrogens (tertiary/aromatic N) is 4. The van der Waals surface area contributed by atoms with Crippen molar-refractivity contribution >= 4 is 66.8 Å². The van der Waals surface area contributed by atoms with E-state index in [1.165, 1.54) is 10.8 Å². The second-order valence-electron chi connectivity index (χ2n) is 11.5. The van der Waals surface area contributed by atoms with E-state index < -0.39 is 12.2 Å². The maximum absolute atomic E-state index is 11.2. The molecule has 1 fully saturated rings. The quantitative estimate of drug-likeness (QED) is 0.217. The van der Waals surface area contributed by atoms with Gasteiger partial charge in [0.1, 0.15) is 0 Å². The molecule has 2 N–H and O–H groups in total. The van der Waals surface area contributed by atoms with Crippen LogP contribution in [0.3, 0.4) is 0 Å². The first-order valence-corrected chi connectivity index (χ1v) is 15.3. The molecule has 6 aromatic rings. The molecule has 2 aromatic heterocycles. The highest BCUT2D eigenvalue weighted by molar-refractivity contribution is 6.32. The van der Waals surface area contributed by atoms with E-state index in [9.17, 15) is 10.2 Å². The lowest BCUT2D eigenvalue weighted by molar-refractivity contribution is 0.0415. The molecular weight excluding hydrogens is 567 g/mol. The SMILES string of the molecule is OC(CN1CCN(CC(O)Cn2c3cc(Cl)ccc3c3ccc(Cl)cc32)CC1)Cn1c2ccccc2c2ccccc21. The normalized spacial score (nSPS) is 16.7. The molecule has 2 unspecified atom stereocenters. The summed E-state index contributed by atoms with van der Waals surface area (Å²) in [4.78, 5) is 4.65. The Morgan fingerprint density at radius 2 is 0.881 bits per heavy atom. The van der Waals surface area contributed by atoms with Crippen LogP contribution in [0.2, 0.25) is 10.0 Å². The maximum atomic E-state index is 11.2. The van der Waals surface area contributed by atoms with Crippen LogP contribution in [0.4, 0.5) is 0 Å². The third-order valence-electron chi connectivity index (χ3n) is 8.66. The number of piperazine rings is 1. The second kappa shape index (κ2) is 11.5. The maximum Gasteiger partial charge on any atom is 0.0845 e. The number of para-hydroxylation sites is 2. The summed E-state index contributed by atoms with van der Waals surface area (Å²) in [6.07, 6.45) is -1.02. The van der Waals surface area contributed by atoms with Gasteiger partial charge in [-0.05, 0) is 36.4 Å². The number of benzene rings is 4. The smallest absolute Gasteiger partial charge is 0.0845 e. The van der Waals surface area contributed by atoms with Gasteiger partial charge >= 0.3 is 0 Å². The Kier molecular flexibility index (Phi) is 7.61. The minimum absolute atomic E-state index is 0.457. The number of aromatic nitrogens is 2. The van der Waals surface area contributed by atoms with Crippen LogP contribution in [0.25, 0.3) is 43.6 Å². The fourth-order valence-electron chi connectivity index (χ4n) is 6.73. The van der Waals surface area contributed by atoms with Crippen LogP contribution in [-0.4, -0.2) is 80.6 Å². The molecule has 216 valence electrons. The number of rotatable bonds is 8. The molecule has 6 nitrogen and oxygen atoms in total. The van der Waals surface area contributed by atoms with Crippen molar-refractivity contribution in [2.45, 2.75) is 25.3 Å². The van der Waals surface area contributed by atoms with Crippen LogP contribution in [0, 0.1) is 0 Å². The number of β-amino-alcohol motifs (C(OH)–C–C–N with tert-alkyl or cyclic N) is 2. The van der Waals surface area contributed by atoms with Gasteiger partial charge in [0.15, 0.2) is 0 Å². The van der Waals surface area contributed by atoms with Crippen LogP contribution in [-0.2, 0) is 13.1 Å². The Morgan fingerprint density at radius 3 is 1.33 bits per heavy atom. The van der Waals surface area contributed by atoms with Crippen molar-refractivity contribution in [3.63, 3.8) is 0 Å². The Hall–Kier alpha value is -3.10. The van der Waals surface area contributed by atoms with E-state index in [0.29, 0.717) is 36.2 Å². The molecule has 0 aliphatic carbocycles. The fraction of sp³-hybridized carbons (Fsp3) is 0.294. The van der Waals surface area contributed by atoms with Gasteiger partial charge in [-0.15, -0.1) is 0 Å². The van der Waals surface area contributed by atoms with Crippen LogP contribution in [0.15, 0.2) is 84.9 Å². The van der Waals surface area contributed by atoms with Crippen molar-refractivity contribution in [1.82, 2.24) is 18.9 Å². The Labute approximate surface area is 254 Å². The van der Waals surface area contributed by atoms with Crippen molar-refractivity contribution in [2.75, 3.05) is 39.3 Å². The molecule has 1 saturated heterocycles. The minimum atomic E-state index is -0.547. The molecule has 8 heteroatoms. The zero-order chi connectivity index (χ0) is 28.8. The monoisotopic (exact) mass is 600 g/mol. The van der Waals surface area contributed by atoms with Crippen LogP contribution >= 0.6 is 23.2 Å². The average molecular weight is 602 g/mol. The zero-order valence-corrected chi connectivity index (χ0v) is 24.8. The molecule has 1 aliphatic rings. The molecule has 0 amide bonds. The van der Waals surface area contributed by atoms with E-state index in [4.69, 9.17) is 23.2 Å². The summed E-state index contributed by atoms with van der Waals surface area (Å²) < 4.78 is 4.38. The first kappa shape index (κ1) is 27.7. The standard InChI is InChI=1S/C34H34Cl2N4O2/c35-23-9-11-29-30-12-10-24(36)18-34(30)40(33(29)17-23)22-26(42)20-38-15-13-37(14-16-38)19-25(41)21-39-31-7-3-1-5-27(31)28-6-2-4-8-32(28)39/h1-12,17-18,25-26,41-42H,13-16,19-22H2. The summed E-state index contributed by atoms with van der Waals surface area (Å²) in [5.74, 6) is 0. The van der Waals surface area contributed by atoms with E-state index in [0.717, 1.165) is 59.0 Å².